The monoisotopic (exact) mass is 461 g/mol. The normalized spacial score (nSPS) is 13.1. The SMILES string of the molecule is C=C.CC/C=C(/c1ccc(-c2ccnn2C)cc1)[C@](C)(Cn1cncn1)c1ccc(F)cc1F. The van der Waals surface area contributed by atoms with Gasteiger partial charge in [0.05, 0.1) is 12.2 Å². The van der Waals surface area contributed by atoms with Crippen molar-refractivity contribution in [3.63, 3.8) is 0 Å². The average molecular weight is 462 g/mol. The summed E-state index contributed by atoms with van der Waals surface area (Å²) in [6.45, 7) is 10.4. The lowest BCUT2D eigenvalue weighted by molar-refractivity contribution is 0.439. The Balaban J connectivity index is 0.00000158. The maximum Gasteiger partial charge on any atom is 0.137 e. The van der Waals surface area contributed by atoms with Crippen LogP contribution < -0.4 is 0 Å². The molecule has 5 nitrogen and oxygen atoms in total. The van der Waals surface area contributed by atoms with Crippen LogP contribution in [0.25, 0.3) is 16.8 Å². The first kappa shape index (κ1) is 24.8. The number of aromatic nitrogens is 5. The Labute approximate surface area is 199 Å². The summed E-state index contributed by atoms with van der Waals surface area (Å²) in [4.78, 5) is 4.03. The molecule has 34 heavy (non-hydrogen) atoms. The van der Waals surface area contributed by atoms with Crippen LogP contribution in [0.15, 0.2) is 86.6 Å². The summed E-state index contributed by atoms with van der Waals surface area (Å²) < 4.78 is 32.3. The zero-order valence-electron chi connectivity index (χ0n) is 19.7. The lowest BCUT2D eigenvalue weighted by Gasteiger charge is -2.34. The minimum Gasteiger partial charge on any atom is -0.268 e. The molecule has 0 bridgehead atoms. The number of aryl methyl sites for hydroxylation is 1. The first-order valence-corrected chi connectivity index (χ1v) is 11.0. The van der Waals surface area contributed by atoms with Crippen LogP contribution >= 0.6 is 0 Å². The van der Waals surface area contributed by atoms with Gasteiger partial charge in [0.2, 0.25) is 0 Å². The van der Waals surface area contributed by atoms with Gasteiger partial charge < -0.3 is 0 Å². The molecule has 4 rings (SSSR count). The van der Waals surface area contributed by atoms with Crippen LogP contribution in [0, 0.1) is 11.6 Å². The molecular formula is C27H29F2N5. The van der Waals surface area contributed by atoms with Crippen LogP contribution in [-0.2, 0) is 19.0 Å². The summed E-state index contributed by atoms with van der Waals surface area (Å²) in [5, 5.41) is 8.47. The Bertz CT molecular complexity index is 1240. The van der Waals surface area contributed by atoms with Crippen LogP contribution in [0.3, 0.4) is 0 Å². The van der Waals surface area contributed by atoms with Crippen LogP contribution in [0.2, 0.25) is 0 Å². The molecule has 4 aromatic rings. The molecular weight excluding hydrogens is 432 g/mol. The molecule has 7 heteroatoms. The third kappa shape index (κ3) is 5.03. The molecule has 0 radical (unpaired) electrons. The lowest BCUT2D eigenvalue weighted by Crippen LogP contribution is -2.31. The van der Waals surface area contributed by atoms with Gasteiger partial charge in [-0.15, -0.1) is 13.2 Å². The van der Waals surface area contributed by atoms with Crippen molar-refractivity contribution in [2.45, 2.75) is 32.2 Å². The van der Waals surface area contributed by atoms with Crippen molar-refractivity contribution in [1.29, 1.82) is 0 Å². The van der Waals surface area contributed by atoms with E-state index in [1.54, 1.807) is 17.2 Å². The second-order valence-corrected chi connectivity index (χ2v) is 7.99. The molecule has 2 heterocycles. The van der Waals surface area contributed by atoms with Crippen molar-refractivity contribution in [1.82, 2.24) is 24.5 Å². The number of hydrogen-bond donors (Lipinski definition) is 0. The van der Waals surface area contributed by atoms with Crippen molar-refractivity contribution >= 4 is 5.57 Å². The second kappa shape index (κ2) is 10.8. The molecule has 0 N–H and O–H groups in total. The summed E-state index contributed by atoms with van der Waals surface area (Å²) in [5.74, 6) is -1.18. The van der Waals surface area contributed by atoms with Gasteiger partial charge in [-0.2, -0.15) is 10.2 Å². The Morgan fingerprint density at radius 2 is 1.79 bits per heavy atom. The number of allylic oxidation sites excluding steroid dienone is 2. The quantitative estimate of drug-likeness (QED) is 0.308. The molecule has 0 fully saturated rings. The van der Waals surface area contributed by atoms with Gasteiger partial charge in [0.1, 0.15) is 24.3 Å². The van der Waals surface area contributed by atoms with Crippen molar-refractivity contribution in [3.8, 4) is 11.3 Å². The number of rotatable bonds is 7. The summed E-state index contributed by atoms with van der Waals surface area (Å²) in [5.41, 5.74) is 3.55. The third-order valence-electron chi connectivity index (χ3n) is 5.79. The van der Waals surface area contributed by atoms with Gasteiger partial charge in [0.15, 0.2) is 0 Å². The number of nitrogens with zero attached hydrogens (tertiary/aromatic N) is 5. The van der Waals surface area contributed by atoms with Gasteiger partial charge in [-0.05, 0) is 42.2 Å². The fraction of sp³-hybridized carbons (Fsp3) is 0.222. The molecule has 1 atom stereocenters. The minimum absolute atomic E-state index is 0.352. The highest BCUT2D eigenvalue weighted by Gasteiger charge is 2.35. The Morgan fingerprint density at radius 3 is 2.35 bits per heavy atom. The highest BCUT2D eigenvalue weighted by atomic mass is 19.1. The Hall–Kier alpha value is -3.87. The molecule has 2 aromatic heterocycles. The van der Waals surface area contributed by atoms with E-state index in [0.29, 0.717) is 12.1 Å². The van der Waals surface area contributed by atoms with Gasteiger partial charge in [0.25, 0.3) is 0 Å². The fourth-order valence-electron chi connectivity index (χ4n) is 4.23. The standard InChI is InChI=1S/C25H25F2N5.C2H4/c1-4-5-21(18-6-8-19(9-7-18)24-12-13-29-31(24)3)25(2,15-32-17-28-16-30-32)22-11-10-20(26)14-23(22)27;1-2/h5-14,16-17H,4,15H2,1-3H3;1-2H2/b21-5-;/t25-;/m0./s1. The van der Waals surface area contributed by atoms with Crippen molar-refractivity contribution in [2.24, 2.45) is 7.05 Å². The summed E-state index contributed by atoms with van der Waals surface area (Å²) in [7, 11) is 1.90. The lowest BCUT2D eigenvalue weighted by atomic mass is 9.72. The highest BCUT2D eigenvalue weighted by Crippen LogP contribution is 2.41. The number of halogens is 2. The van der Waals surface area contributed by atoms with E-state index in [1.165, 1.54) is 18.5 Å². The van der Waals surface area contributed by atoms with Crippen LogP contribution in [0.4, 0.5) is 8.78 Å². The van der Waals surface area contributed by atoms with Gasteiger partial charge in [0, 0.05) is 30.3 Å². The maximum atomic E-state index is 15.1. The Morgan fingerprint density at radius 1 is 1.06 bits per heavy atom. The van der Waals surface area contributed by atoms with E-state index in [1.807, 2.05) is 55.9 Å². The van der Waals surface area contributed by atoms with E-state index in [2.05, 4.69) is 34.4 Å². The number of hydrogen-bond acceptors (Lipinski definition) is 3. The van der Waals surface area contributed by atoms with Crippen molar-refractivity contribution < 1.29 is 8.78 Å². The predicted octanol–water partition coefficient (Wildman–Crippen LogP) is 6.21. The van der Waals surface area contributed by atoms with E-state index in [-0.39, 0.29) is 0 Å². The average Bonchev–Trinajstić information content (AvgIpc) is 3.50. The summed E-state index contributed by atoms with van der Waals surface area (Å²) >= 11 is 0. The molecule has 0 spiro atoms. The largest absolute Gasteiger partial charge is 0.268 e. The molecule has 176 valence electrons. The number of benzene rings is 2. The van der Waals surface area contributed by atoms with E-state index in [0.717, 1.165) is 34.9 Å². The summed E-state index contributed by atoms with van der Waals surface area (Å²) in [6, 6.07) is 13.8. The molecule has 0 unspecified atom stereocenters. The maximum absolute atomic E-state index is 15.1. The van der Waals surface area contributed by atoms with Crippen LogP contribution in [0.1, 0.15) is 31.4 Å². The molecule has 2 aromatic carbocycles. The van der Waals surface area contributed by atoms with Gasteiger partial charge >= 0.3 is 0 Å². The molecule has 0 amide bonds. The smallest absolute Gasteiger partial charge is 0.137 e. The second-order valence-electron chi connectivity index (χ2n) is 7.99. The molecule has 0 aliphatic carbocycles. The van der Waals surface area contributed by atoms with E-state index in [9.17, 15) is 4.39 Å². The Kier molecular flexibility index (Phi) is 7.89. The topological polar surface area (TPSA) is 48.5 Å². The first-order chi connectivity index (χ1) is 16.4. The molecule has 0 aliphatic heterocycles. The fourth-order valence-corrected chi connectivity index (χ4v) is 4.23. The van der Waals surface area contributed by atoms with Gasteiger partial charge in [-0.1, -0.05) is 43.3 Å². The van der Waals surface area contributed by atoms with Crippen molar-refractivity contribution in [2.75, 3.05) is 0 Å². The highest BCUT2D eigenvalue weighted by molar-refractivity contribution is 5.76. The molecule has 0 aliphatic rings. The first-order valence-electron chi connectivity index (χ1n) is 11.0. The van der Waals surface area contributed by atoms with Gasteiger partial charge in [-0.3, -0.25) is 9.36 Å². The van der Waals surface area contributed by atoms with Crippen LogP contribution in [-0.4, -0.2) is 24.5 Å². The summed E-state index contributed by atoms with van der Waals surface area (Å²) in [6.07, 6.45) is 7.67. The molecule has 0 saturated heterocycles. The third-order valence-corrected chi connectivity index (χ3v) is 5.79. The molecule has 0 saturated carbocycles. The predicted molar refractivity (Wildman–Crippen MR) is 132 cm³/mol. The minimum atomic E-state index is -0.810. The van der Waals surface area contributed by atoms with E-state index < -0.39 is 17.0 Å². The van der Waals surface area contributed by atoms with E-state index in [4.69, 9.17) is 0 Å². The zero-order chi connectivity index (χ0) is 24.7. The van der Waals surface area contributed by atoms with Crippen molar-refractivity contribution in [3.05, 3.63) is 109 Å². The van der Waals surface area contributed by atoms with E-state index >= 15 is 4.39 Å². The zero-order valence-corrected chi connectivity index (χ0v) is 19.7. The van der Waals surface area contributed by atoms with Crippen LogP contribution in [0.5, 0.6) is 0 Å². The van der Waals surface area contributed by atoms with Gasteiger partial charge in [-0.25, -0.2) is 13.8 Å².